The Labute approximate surface area is 217 Å². The Hall–Kier alpha value is -3.42. The fourth-order valence-electron chi connectivity index (χ4n) is 3.45. The Balaban J connectivity index is 1.73. The van der Waals surface area contributed by atoms with E-state index < -0.39 is 57.6 Å². The van der Waals surface area contributed by atoms with Gasteiger partial charge >= 0.3 is 18.1 Å². The quantitative estimate of drug-likeness (QED) is 0.232. The third-order valence-electron chi connectivity index (χ3n) is 5.22. The van der Waals surface area contributed by atoms with Gasteiger partial charge in [0.2, 0.25) is 0 Å². The van der Waals surface area contributed by atoms with Crippen molar-refractivity contribution < 1.29 is 42.0 Å². The molecule has 0 aliphatic carbocycles. The smallest absolute Gasteiger partial charge is 0.456 e. The maximum absolute atomic E-state index is 12.8. The zero-order valence-corrected chi connectivity index (χ0v) is 20.2. The molecule has 2 aromatic rings. The van der Waals surface area contributed by atoms with Crippen LogP contribution in [0.2, 0.25) is 10.0 Å². The summed E-state index contributed by atoms with van der Waals surface area (Å²) in [5, 5.41) is 16.4. The van der Waals surface area contributed by atoms with Gasteiger partial charge in [-0.05, 0) is 49.7 Å². The zero-order chi connectivity index (χ0) is 27.3. The number of nitrogens with one attached hydrogen (secondary N) is 2. The number of nitro groups is 1. The molecule has 1 heterocycles. The van der Waals surface area contributed by atoms with E-state index in [1.807, 2.05) is 0 Å². The van der Waals surface area contributed by atoms with E-state index in [-0.39, 0.29) is 22.7 Å². The first kappa shape index (κ1) is 28.2. The first-order valence-electron chi connectivity index (χ1n) is 10.6. The molecule has 2 aromatic carbocycles. The van der Waals surface area contributed by atoms with Crippen LogP contribution in [0.1, 0.15) is 33.6 Å². The Morgan fingerprint density at radius 1 is 1.14 bits per heavy atom. The van der Waals surface area contributed by atoms with E-state index in [0.29, 0.717) is 19.4 Å². The fraction of sp³-hybridized carbons (Fsp3) is 0.318. The second-order valence-electron chi connectivity index (χ2n) is 7.83. The number of halogens is 5. The number of nitrogens with zero attached hydrogens (tertiary/aromatic N) is 1. The molecule has 1 aliphatic rings. The molecule has 0 aromatic heterocycles. The van der Waals surface area contributed by atoms with Crippen LogP contribution in [0.5, 0.6) is 5.75 Å². The highest BCUT2D eigenvalue weighted by Crippen LogP contribution is 2.32. The molecule has 0 saturated carbocycles. The predicted molar refractivity (Wildman–Crippen MR) is 124 cm³/mol. The molecule has 2 atom stereocenters. The molecule has 0 unspecified atom stereocenters. The SMILES string of the molecule is O=C(N[C@@H]1CNCCC[C@H]1OC(=O)c1cc(Cl)cc([N+](=O)[O-])c1Cl)c1ccc(OC(=O)C(F)(F)F)cc1. The summed E-state index contributed by atoms with van der Waals surface area (Å²) in [5.41, 5.74) is -0.848. The van der Waals surface area contributed by atoms with E-state index in [0.717, 1.165) is 36.4 Å². The van der Waals surface area contributed by atoms with Gasteiger partial charge in [0, 0.05) is 23.2 Å². The van der Waals surface area contributed by atoms with Gasteiger partial charge in [-0.1, -0.05) is 23.2 Å². The number of hydrogen-bond acceptors (Lipinski definition) is 8. The summed E-state index contributed by atoms with van der Waals surface area (Å²) in [4.78, 5) is 46.9. The number of rotatable bonds is 6. The molecular weight excluding hydrogens is 546 g/mol. The van der Waals surface area contributed by atoms with E-state index in [2.05, 4.69) is 15.4 Å². The van der Waals surface area contributed by atoms with Gasteiger partial charge in [-0.15, -0.1) is 0 Å². The van der Waals surface area contributed by atoms with Crippen LogP contribution in [0.4, 0.5) is 18.9 Å². The molecule has 3 rings (SSSR count). The summed E-state index contributed by atoms with van der Waals surface area (Å²) >= 11 is 11.9. The molecule has 1 amide bonds. The number of carbonyl (C=O) groups excluding carboxylic acids is 3. The number of esters is 2. The number of benzene rings is 2. The standard InChI is InChI=1S/C22H18Cl2F3N3O7/c23-12-8-14(18(24)16(9-12)30(34)35)20(32)37-17-2-1-7-28-10-15(17)29-19(31)11-3-5-13(6-4-11)36-21(33)22(25,26)27/h3-6,8-9,15,17,28H,1-2,7,10H2,(H,29,31)/t15-,17-/m1/s1. The largest absolute Gasteiger partial charge is 0.491 e. The molecule has 198 valence electrons. The molecule has 1 fully saturated rings. The highest BCUT2D eigenvalue weighted by atomic mass is 35.5. The molecule has 0 radical (unpaired) electrons. The third-order valence-corrected chi connectivity index (χ3v) is 5.84. The third kappa shape index (κ3) is 7.31. The van der Waals surface area contributed by atoms with Crippen LogP contribution in [-0.4, -0.2) is 54.2 Å². The van der Waals surface area contributed by atoms with Crippen LogP contribution in [0.15, 0.2) is 36.4 Å². The minimum absolute atomic E-state index is 0.0367. The fourth-order valence-corrected chi connectivity index (χ4v) is 3.92. The maximum Gasteiger partial charge on any atom is 0.491 e. The number of hydrogen-bond donors (Lipinski definition) is 2. The Kier molecular flexibility index (Phi) is 8.94. The first-order chi connectivity index (χ1) is 17.4. The van der Waals surface area contributed by atoms with E-state index in [1.165, 1.54) is 0 Å². The molecule has 10 nitrogen and oxygen atoms in total. The molecule has 15 heteroatoms. The van der Waals surface area contributed by atoms with E-state index >= 15 is 0 Å². The number of amides is 1. The maximum atomic E-state index is 12.8. The van der Waals surface area contributed by atoms with E-state index in [4.69, 9.17) is 27.9 Å². The van der Waals surface area contributed by atoms with E-state index in [1.54, 1.807) is 0 Å². The molecule has 37 heavy (non-hydrogen) atoms. The molecule has 2 N–H and O–H groups in total. The number of carbonyl (C=O) groups is 3. The first-order valence-corrected chi connectivity index (χ1v) is 11.4. The van der Waals surface area contributed by atoms with Crippen LogP contribution in [-0.2, 0) is 9.53 Å². The van der Waals surface area contributed by atoms with Crippen molar-refractivity contribution in [2.24, 2.45) is 0 Å². The van der Waals surface area contributed by atoms with Gasteiger partial charge < -0.3 is 20.1 Å². The average molecular weight is 564 g/mol. The van der Waals surface area contributed by atoms with Crippen LogP contribution in [0, 0.1) is 10.1 Å². The van der Waals surface area contributed by atoms with E-state index in [9.17, 15) is 37.7 Å². The Morgan fingerprint density at radius 2 is 1.81 bits per heavy atom. The van der Waals surface area contributed by atoms with Crippen molar-refractivity contribution >= 4 is 46.7 Å². The van der Waals surface area contributed by atoms with Gasteiger partial charge in [0.25, 0.3) is 11.6 Å². The molecule has 1 aliphatic heterocycles. The second kappa shape index (κ2) is 11.8. The summed E-state index contributed by atoms with van der Waals surface area (Å²) in [6.07, 6.45) is -5.12. The number of nitro benzene ring substituents is 1. The zero-order valence-electron chi connectivity index (χ0n) is 18.6. The average Bonchev–Trinajstić information content (AvgIpc) is 3.04. The summed E-state index contributed by atoms with van der Waals surface area (Å²) in [7, 11) is 0. The Bertz CT molecular complexity index is 1210. The summed E-state index contributed by atoms with van der Waals surface area (Å²) in [6, 6.07) is 5.75. The number of alkyl halides is 3. The molecular formula is C22H18Cl2F3N3O7. The van der Waals surface area contributed by atoms with Gasteiger partial charge in [0.05, 0.1) is 16.5 Å². The Morgan fingerprint density at radius 3 is 2.43 bits per heavy atom. The normalized spacial score (nSPS) is 17.9. The van der Waals surface area contributed by atoms with Crippen LogP contribution in [0.25, 0.3) is 0 Å². The van der Waals surface area contributed by atoms with Crippen LogP contribution in [0.3, 0.4) is 0 Å². The van der Waals surface area contributed by atoms with Crippen LogP contribution >= 0.6 is 23.2 Å². The van der Waals surface area contributed by atoms with Crippen molar-refractivity contribution in [2.75, 3.05) is 13.1 Å². The summed E-state index contributed by atoms with van der Waals surface area (Å²) < 4.78 is 46.8. The van der Waals surface area contributed by atoms with Crippen molar-refractivity contribution in [3.8, 4) is 5.75 Å². The van der Waals surface area contributed by atoms with Gasteiger partial charge in [-0.3, -0.25) is 14.9 Å². The molecule has 1 saturated heterocycles. The topological polar surface area (TPSA) is 137 Å². The second-order valence-corrected chi connectivity index (χ2v) is 8.64. The lowest BCUT2D eigenvalue weighted by molar-refractivity contribution is -0.384. The van der Waals surface area contributed by atoms with Gasteiger partial charge in [0.1, 0.15) is 16.9 Å². The number of ether oxygens (including phenoxy) is 2. The highest BCUT2D eigenvalue weighted by molar-refractivity contribution is 6.37. The van der Waals surface area contributed by atoms with Crippen molar-refractivity contribution in [3.05, 3.63) is 67.7 Å². The van der Waals surface area contributed by atoms with Crippen molar-refractivity contribution in [1.82, 2.24) is 10.6 Å². The van der Waals surface area contributed by atoms with Crippen LogP contribution < -0.4 is 15.4 Å². The monoisotopic (exact) mass is 563 g/mol. The highest BCUT2D eigenvalue weighted by Gasteiger charge is 2.41. The molecule has 0 spiro atoms. The predicted octanol–water partition coefficient (Wildman–Crippen LogP) is 4.08. The lowest BCUT2D eigenvalue weighted by atomic mass is 10.1. The minimum atomic E-state index is -5.17. The summed E-state index contributed by atoms with van der Waals surface area (Å²) in [5.74, 6) is -4.42. The summed E-state index contributed by atoms with van der Waals surface area (Å²) in [6.45, 7) is 0.761. The van der Waals surface area contributed by atoms with Gasteiger partial charge in [0.15, 0.2) is 0 Å². The lowest BCUT2D eigenvalue weighted by Gasteiger charge is -2.26. The van der Waals surface area contributed by atoms with Gasteiger partial charge in [-0.2, -0.15) is 13.2 Å². The minimum Gasteiger partial charge on any atom is -0.456 e. The van der Waals surface area contributed by atoms with Gasteiger partial charge in [-0.25, -0.2) is 9.59 Å². The van der Waals surface area contributed by atoms with Crippen molar-refractivity contribution in [3.63, 3.8) is 0 Å². The van der Waals surface area contributed by atoms with Crippen molar-refractivity contribution in [2.45, 2.75) is 31.2 Å². The molecule has 0 bridgehead atoms. The van der Waals surface area contributed by atoms with Crippen molar-refractivity contribution in [1.29, 1.82) is 0 Å². The lowest BCUT2D eigenvalue weighted by Crippen LogP contribution is -2.49.